The first-order valence-corrected chi connectivity index (χ1v) is 11.6. The van der Waals surface area contributed by atoms with Gasteiger partial charge < -0.3 is 14.0 Å². The molecule has 5 heteroatoms. The predicted molar refractivity (Wildman–Crippen MR) is 118 cm³/mol. The Labute approximate surface area is 179 Å². The van der Waals surface area contributed by atoms with Gasteiger partial charge in [0.1, 0.15) is 5.69 Å². The van der Waals surface area contributed by atoms with E-state index in [0.717, 1.165) is 57.9 Å². The van der Waals surface area contributed by atoms with Crippen LogP contribution in [0, 0.1) is 10.8 Å². The van der Waals surface area contributed by atoms with E-state index < -0.39 is 0 Å². The van der Waals surface area contributed by atoms with Gasteiger partial charge in [0.25, 0.3) is 5.91 Å². The van der Waals surface area contributed by atoms with Crippen LogP contribution in [0.4, 0.5) is 0 Å². The molecule has 4 heterocycles. The molecule has 0 radical (unpaired) electrons. The van der Waals surface area contributed by atoms with E-state index in [0.29, 0.717) is 10.8 Å². The molecule has 0 saturated heterocycles. The Bertz CT molecular complexity index is 1050. The molecule has 0 bridgehead atoms. The van der Waals surface area contributed by atoms with Gasteiger partial charge in [-0.25, -0.2) is 0 Å². The highest BCUT2D eigenvalue weighted by Crippen LogP contribution is 2.40. The monoisotopic (exact) mass is 406 g/mol. The lowest BCUT2D eigenvalue weighted by molar-refractivity contribution is 0.0513. The summed E-state index contributed by atoms with van der Waals surface area (Å²) in [6, 6.07) is 4.62. The number of nitrogens with zero attached hydrogens (tertiary/aromatic N) is 4. The highest BCUT2D eigenvalue weighted by atomic mass is 16.2. The molecule has 0 fully saturated rings. The van der Waals surface area contributed by atoms with Crippen molar-refractivity contribution in [1.82, 2.24) is 18.9 Å². The van der Waals surface area contributed by atoms with Crippen molar-refractivity contribution in [2.75, 3.05) is 19.8 Å². The number of hydrogen-bond donors (Lipinski definition) is 0. The van der Waals surface area contributed by atoms with E-state index in [2.05, 4.69) is 58.8 Å². The maximum atomic E-state index is 13.3. The van der Waals surface area contributed by atoms with Gasteiger partial charge in [-0.05, 0) is 59.8 Å². The van der Waals surface area contributed by atoms with Gasteiger partial charge in [0, 0.05) is 49.8 Å². The van der Waals surface area contributed by atoms with Gasteiger partial charge in [0.05, 0.1) is 6.67 Å². The quantitative estimate of drug-likeness (QED) is 0.765. The number of aromatic nitrogens is 2. The second kappa shape index (κ2) is 6.03. The van der Waals surface area contributed by atoms with Gasteiger partial charge in [0.2, 0.25) is 0 Å². The van der Waals surface area contributed by atoms with Crippen LogP contribution in [0.1, 0.15) is 66.4 Å². The summed E-state index contributed by atoms with van der Waals surface area (Å²) >= 11 is 0. The van der Waals surface area contributed by atoms with Crippen LogP contribution in [0.5, 0.6) is 0 Å². The summed E-state index contributed by atoms with van der Waals surface area (Å²) < 4.78 is 4.88. The summed E-state index contributed by atoms with van der Waals surface area (Å²) in [5.41, 5.74) is 9.05. The standard InChI is InChI=1S/C25H34N4O/c1-24(2)11-17-9-19-15-26(5-7-28(19)21(17)13-24)16-27-6-8-29-20(23(27)30)10-18-12-25(3,4)14-22(18)29/h9-10H,5-8,11-16H2,1-4H3. The van der Waals surface area contributed by atoms with E-state index in [4.69, 9.17) is 0 Å². The first kappa shape index (κ1) is 18.7. The molecule has 0 saturated carbocycles. The summed E-state index contributed by atoms with van der Waals surface area (Å²) in [5.74, 6) is 0.221. The Balaban J connectivity index is 1.17. The highest BCUT2D eigenvalue weighted by molar-refractivity contribution is 5.94. The minimum Gasteiger partial charge on any atom is -0.346 e. The van der Waals surface area contributed by atoms with E-state index in [9.17, 15) is 4.79 Å². The molecular weight excluding hydrogens is 372 g/mol. The Kier molecular flexibility index (Phi) is 3.77. The van der Waals surface area contributed by atoms with E-state index in [-0.39, 0.29) is 5.91 Å². The largest absolute Gasteiger partial charge is 0.346 e. The smallest absolute Gasteiger partial charge is 0.271 e. The second-order valence-corrected chi connectivity index (χ2v) is 11.7. The molecule has 0 atom stereocenters. The molecule has 2 aromatic heterocycles. The van der Waals surface area contributed by atoms with Crippen LogP contribution < -0.4 is 0 Å². The zero-order valence-electron chi connectivity index (χ0n) is 18.9. The summed E-state index contributed by atoms with van der Waals surface area (Å²) in [4.78, 5) is 17.8. The molecule has 5 nitrogen and oxygen atoms in total. The lowest BCUT2D eigenvalue weighted by Gasteiger charge is -2.36. The summed E-state index contributed by atoms with van der Waals surface area (Å²) in [7, 11) is 0. The van der Waals surface area contributed by atoms with Crippen molar-refractivity contribution in [3.8, 4) is 0 Å². The molecule has 160 valence electrons. The van der Waals surface area contributed by atoms with Crippen molar-refractivity contribution in [3.05, 3.63) is 46.0 Å². The molecule has 2 aliphatic heterocycles. The van der Waals surface area contributed by atoms with Crippen molar-refractivity contribution in [2.24, 2.45) is 10.8 Å². The Hall–Kier alpha value is -2.01. The number of fused-ring (bicyclic) bond motifs is 6. The first-order valence-electron chi connectivity index (χ1n) is 11.6. The third-order valence-electron chi connectivity index (χ3n) is 7.81. The van der Waals surface area contributed by atoms with Crippen molar-refractivity contribution < 1.29 is 4.79 Å². The molecule has 0 N–H and O–H groups in total. The Morgan fingerprint density at radius 2 is 1.43 bits per heavy atom. The number of rotatable bonds is 2. The van der Waals surface area contributed by atoms with Gasteiger partial charge in [0.15, 0.2) is 0 Å². The van der Waals surface area contributed by atoms with Crippen LogP contribution in [0.3, 0.4) is 0 Å². The fraction of sp³-hybridized carbons (Fsp3) is 0.640. The van der Waals surface area contributed by atoms with Gasteiger partial charge in [-0.3, -0.25) is 9.69 Å². The Morgan fingerprint density at radius 1 is 0.800 bits per heavy atom. The fourth-order valence-corrected chi connectivity index (χ4v) is 6.51. The van der Waals surface area contributed by atoms with Gasteiger partial charge in [-0.15, -0.1) is 0 Å². The van der Waals surface area contributed by atoms with Gasteiger partial charge >= 0.3 is 0 Å². The lowest BCUT2D eigenvalue weighted by Crippen LogP contribution is -2.48. The third kappa shape index (κ3) is 2.81. The molecule has 2 aliphatic carbocycles. The lowest BCUT2D eigenvalue weighted by atomic mass is 9.90. The molecule has 0 unspecified atom stereocenters. The minimum atomic E-state index is 0.221. The molecule has 1 amide bonds. The molecular formula is C25H34N4O. The van der Waals surface area contributed by atoms with Crippen molar-refractivity contribution in [1.29, 1.82) is 0 Å². The van der Waals surface area contributed by atoms with Crippen LogP contribution in [-0.2, 0) is 45.3 Å². The van der Waals surface area contributed by atoms with Crippen LogP contribution in [0.25, 0.3) is 0 Å². The molecule has 0 spiro atoms. The van der Waals surface area contributed by atoms with Gasteiger partial charge in [-0.2, -0.15) is 0 Å². The average Bonchev–Trinajstić information content (AvgIpc) is 3.32. The maximum absolute atomic E-state index is 13.3. The minimum absolute atomic E-state index is 0.221. The van der Waals surface area contributed by atoms with E-state index in [1.54, 1.807) is 11.3 Å². The number of amides is 1. The molecule has 2 aromatic rings. The molecule has 0 aromatic carbocycles. The van der Waals surface area contributed by atoms with Crippen LogP contribution in [0.15, 0.2) is 12.1 Å². The van der Waals surface area contributed by atoms with Crippen molar-refractivity contribution in [2.45, 2.75) is 73.0 Å². The summed E-state index contributed by atoms with van der Waals surface area (Å²) in [6.07, 6.45) is 4.59. The number of carbonyl (C=O) groups excluding carboxylic acids is 1. The summed E-state index contributed by atoms with van der Waals surface area (Å²) in [6.45, 7) is 15.0. The zero-order valence-corrected chi connectivity index (χ0v) is 18.9. The fourth-order valence-electron chi connectivity index (χ4n) is 6.51. The molecule has 4 aliphatic rings. The zero-order chi connectivity index (χ0) is 20.8. The normalized spacial score (nSPS) is 24.0. The predicted octanol–water partition coefficient (Wildman–Crippen LogP) is 3.47. The second-order valence-electron chi connectivity index (χ2n) is 11.7. The Morgan fingerprint density at radius 3 is 2.17 bits per heavy atom. The van der Waals surface area contributed by atoms with E-state index >= 15 is 0 Å². The third-order valence-corrected chi connectivity index (χ3v) is 7.81. The van der Waals surface area contributed by atoms with E-state index in [1.807, 2.05) is 0 Å². The molecule has 6 rings (SSSR count). The van der Waals surface area contributed by atoms with Crippen LogP contribution in [0.2, 0.25) is 0 Å². The maximum Gasteiger partial charge on any atom is 0.271 e. The summed E-state index contributed by atoms with van der Waals surface area (Å²) in [5, 5.41) is 0. The van der Waals surface area contributed by atoms with E-state index in [1.165, 1.54) is 29.8 Å². The van der Waals surface area contributed by atoms with Crippen LogP contribution >= 0.6 is 0 Å². The average molecular weight is 407 g/mol. The highest BCUT2D eigenvalue weighted by Gasteiger charge is 2.37. The first-order chi connectivity index (χ1) is 14.2. The van der Waals surface area contributed by atoms with Crippen molar-refractivity contribution >= 4 is 5.91 Å². The number of carbonyl (C=O) groups is 1. The van der Waals surface area contributed by atoms with Gasteiger partial charge in [-0.1, -0.05) is 27.7 Å². The molecule has 30 heavy (non-hydrogen) atoms. The number of hydrogen-bond acceptors (Lipinski definition) is 2. The topological polar surface area (TPSA) is 33.4 Å². The SMILES string of the molecule is CC1(C)Cc2cc3n(c2C1)CCN(CN1CCn2c(cc4c2CC(C)(C)C4)C1=O)C3. The van der Waals surface area contributed by atoms with Crippen LogP contribution in [-0.4, -0.2) is 44.6 Å². The van der Waals surface area contributed by atoms with Crippen molar-refractivity contribution in [3.63, 3.8) is 0 Å².